The minimum absolute atomic E-state index is 0.0526. The lowest BCUT2D eigenvalue weighted by molar-refractivity contribution is 0.0645. The highest BCUT2D eigenvalue weighted by Gasteiger charge is 2.27. The van der Waals surface area contributed by atoms with Crippen LogP contribution >= 0.6 is 15.9 Å². The number of nitrogens with zero attached hydrogens (tertiary/aromatic N) is 3. The van der Waals surface area contributed by atoms with E-state index in [4.69, 9.17) is 0 Å². The van der Waals surface area contributed by atoms with E-state index >= 15 is 0 Å². The molecule has 0 spiro atoms. The lowest BCUT2D eigenvalue weighted by atomic mass is 10.1. The molecule has 0 bridgehead atoms. The minimum Gasteiger partial charge on any atom is -0.335 e. The Kier molecular flexibility index (Phi) is 4.82. The van der Waals surface area contributed by atoms with Gasteiger partial charge >= 0.3 is 6.03 Å². The molecule has 1 heterocycles. The molecule has 1 aliphatic heterocycles. The van der Waals surface area contributed by atoms with Crippen molar-refractivity contribution in [2.45, 2.75) is 0 Å². The highest BCUT2D eigenvalue weighted by atomic mass is 79.9. The lowest BCUT2D eigenvalue weighted by Crippen LogP contribution is -2.53. The van der Waals surface area contributed by atoms with Crippen molar-refractivity contribution in [1.29, 1.82) is 0 Å². The van der Waals surface area contributed by atoms with E-state index < -0.39 is 5.82 Å². The molecule has 5 nitrogen and oxygen atoms in total. The zero-order valence-corrected chi connectivity index (χ0v) is 13.6. The average Bonchev–Trinajstić information content (AvgIpc) is 2.48. The van der Waals surface area contributed by atoms with Crippen LogP contribution in [0.5, 0.6) is 0 Å². The standard InChI is InChI=1S/C14H17BrFN3O2/c1-17(2)14(21)19-8-6-18(7-9-19)13(20)10-4-3-5-11(15)12(10)16/h3-5H,6-9H2,1-2H3. The van der Waals surface area contributed by atoms with Crippen molar-refractivity contribution in [3.8, 4) is 0 Å². The zero-order valence-electron chi connectivity index (χ0n) is 12.0. The van der Waals surface area contributed by atoms with Gasteiger partial charge in [-0.2, -0.15) is 0 Å². The van der Waals surface area contributed by atoms with Crippen LogP contribution in [0.3, 0.4) is 0 Å². The number of carbonyl (C=O) groups is 2. The van der Waals surface area contributed by atoms with Gasteiger partial charge in [0.15, 0.2) is 0 Å². The Labute approximate surface area is 131 Å². The van der Waals surface area contributed by atoms with Crippen LogP contribution in [0.4, 0.5) is 9.18 Å². The number of benzene rings is 1. The van der Waals surface area contributed by atoms with E-state index in [-0.39, 0.29) is 22.0 Å². The van der Waals surface area contributed by atoms with E-state index in [1.807, 2.05) is 0 Å². The normalized spacial score (nSPS) is 15.0. The molecule has 1 fully saturated rings. The number of amides is 3. The van der Waals surface area contributed by atoms with Crippen LogP contribution in [0.2, 0.25) is 0 Å². The quantitative estimate of drug-likeness (QED) is 0.771. The van der Waals surface area contributed by atoms with Crippen LogP contribution in [-0.2, 0) is 0 Å². The van der Waals surface area contributed by atoms with Gasteiger partial charge in [0.25, 0.3) is 5.91 Å². The van der Waals surface area contributed by atoms with Gasteiger partial charge in [-0.15, -0.1) is 0 Å². The highest BCUT2D eigenvalue weighted by Crippen LogP contribution is 2.20. The van der Waals surface area contributed by atoms with Gasteiger partial charge in [0.1, 0.15) is 5.82 Å². The minimum atomic E-state index is -0.547. The van der Waals surface area contributed by atoms with Gasteiger partial charge in [-0.3, -0.25) is 4.79 Å². The number of halogens is 2. The monoisotopic (exact) mass is 357 g/mol. The fourth-order valence-corrected chi connectivity index (χ4v) is 2.59. The summed E-state index contributed by atoms with van der Waals surface area (Å²) >= 11 is 3.08. The topological polar surface area (TPSA) is 43.9 Å². The van der Waals surface area contributed by atoms with Gasteiger partial charge in [0.2, 0.25) is 0 Å². The van der Waals surface area contributed by atoms with Crippen molar-refractivity contribution in [1.82, 2.24) is 14.7 Å². The molecular formula is C14H17BrFN3O2. The molecule has 0 unspecified atom stereocenters. The molecule has 7 heteroatoms. The van der Waals surface area contributed by atoms with Crippen molar-refractivity contribution in [2.75, 3.05) is 40.3 Å². The average molecular weight is 358 g/mol. The molecule has 1 aromatic carbocycles. The van der Waals surface area contributed by atoms with Crippen LogP contribution in [0, 0.1) is 5.82 Å². The zero-order chi connectivity index (χ0) is 15.6. The molecule has 1 saturated heterocycles. The second-order valence-corrected chi connectivity index (χ2v) is 5.91. The van der Waals surface area contributed by atoms with Crippen molar-refractivity contribution >= 4 is 27.9 Å². The maximum atomic E-state index is 14.0. The highest BCUT2D eigenvalue weighted by molar-refractivity contribution is 9.10. The number of rotatable bonds is 1. The molecule has 1 aliphatic rings. The Morgan fingerprint density at radius 1 is 1.14 bits per heavy atom. The summed E-state index contributed by atoms with van der Waals surface area (Å²) in [7, 11) is 3.38. The fraction of sp³-hybridized carbons (Fsp3) is 0.429. The third-order valence-corrected chi connectivity index (χ3v) is 4.01. The maximum Gasteiger partial charge on any atom is 0.319 e. The summed E-state index contributed by atoms with van der Waals surface area (Å²) in [5, 5.41) is 0. The van der Waals surface area contributed by atoms with Crippen molar-refractivity contribution in [2.24, 2.45) is 0 Å². The molecule has 3 amide bonds. The Balaban J connectivity index is 2.04. The summed E-state index contributed by atoms with van der Waals surface area (Å²) in [5.41, 5.74) is 0.0526. The SMILES string of the molecule is CN(C)C(=O)N1CCN(C(=O)c2cccc(Br)c2F)CC1. The predicted molar refractivity (Wildman–Crippen MR) is 80.7 cm³/mol. The number of piperazine rings is 1. The smallest absolute Gasteiger partial charge is 0.319 e. The molecule has 2 rings (SSSR count). The first-order valence-electron chi connectivity index (χ1n) is 6.61. The van der Waals surface area contributed by atoms with E-state index in [0.29, 0.717) is 26.2 Å². The van der Waals surface area contributed by atoms with Gasteiger partial charge < -0.3 is 14.7 Å². The molecule has 0 atom stereocenters. The van der Waals surface area contributed by atoms with E-state index in [1.54, 1.807) is 36.0 Å². The van der Waals surface area contributed by atoms with Crippen LogP contribution in [0.25, 0.3) is 0 Å². The second kappa shape index (κ2) is 6.43. The van der Waals surface area contributed by atoms with E-state index in [9.17, 15) is 14.0 Å². The summed E-state index contributed by atoms with van der Waals surface area (Å²) in [5.74, 6) is -0.889. The fourth-order valence-electron chi connectivity index (χ4n) is 2.22. The Bertz CT molecular complexity index is 557. The summed E-state index contributed by atoms with van der Waals surface area (Å²) < 4.78 is 14.2. The first-order chi connectivity index (χ1) is 9.91. The first kappa shape index (κ1) is 15.8. The Morgan fingerprint density at radius 3 is 2.29 bits per heavy atom. The van der Waals surface area contributed by atoms with Crippen molar-refractivity contribution in [3.05, 3.63) is 34.1 Å². The number of hydrogen-bond donors (Lipinski definition) is 0. The van der Waals surface area contributed by atoms with E-state index in [0.717, 1.165) is 0 Å². The molecule has 0 aliphatic carbocycles. The van der Waals surface area contributed by atoms with Crippen molar-refractivity contribution < 1.29 is 14.0 Å². The van der Waals surface area contributed by atoms with Crippen LogP contribution in [0.1, 0.15) is 10.4 Å². The molecule has 21 heavy (non-hydrogen) atoms. The molecule has 0 radical (unpaired) electrons. The molecule has 114 valence electrons. The second-order valence-electron chi connectivity index (χ2n) is 5.06. The molecule has 0 N–H and O–H groups in total. The third-order valence-electron chi connectivity index (χ3n) is 3.40. The summed E-state index contributed by atoms with van der Waals surface area (Å²) in [6, 6.07) is 4.59. The largest absolute Gasteiger partial charge is 0.335 e. The number of urea groups is 1. The lowest BCUT2D eigenvalue weighted by Gasteiger charge is -2.36. The number of hydrogen-bond acceptors (Lipinski definition) is 2. The Morgan fingerprint density at radius 2 is 1.71 bits per heavy atom. The summed E-state index contributed by atoms with van der Waals surface area (Å²) in [4.78, 5) is 28.9. The van der Waals surface area contributed by atoms with Gasteiger partial charge in [-0.25, -0.2) is 9.18 Å². The molecular weight excluding hydrogens is 341 g/mol. The van der Waals surface area contributed by atoms with Crippen LogP contribution in [-0.4, -0.2) is 66.9 Å². The summed E-state index contributed by atoms with van der Waals surface area (Å²) in [6.45, 7) is 1.73. The van der Waals surface area contributed by atoms with E-state index in [2.05, 4.69) is 15.9 Å². The predicted octanol–water partition coefficient (Wildman–Crippen LogP) is 2.03. The first-order valence-corrected chi connectivity index (χ1v) is 7.40. The maximum absolute atomic E-state index is 14.0. The van der Waals surface area contributed by atoms with Crippen LogP contribution < -0.4 is 0 Å². The van der Waals surface area contributed by atoms with Gasteiger partial charge in [0.05, 0.1) is 10.0 Å². The molecule has 1 aromatic rings. The van der Waals surface area contributed by atoms with Gasteiger partial charge in [-0.1, -0.05) is 6.07 Å². The molecule has 0 aromatic heterocycles. The number of carbonyl (C=O) groups excluding carboxylic acids is 2. The van der Waals surface area contributed by atoms with Crippen LogP contribution in [0.15, 0.2) is 22.7 Å². The third kappa shape index (κ3) is 3.34. The molecule has 0 saturated carbocycles. The van der Waals surface area contributed by atoms with Gasteiger partial charge in [-0.05, 0) is 28.1 Å². The van der Waals surface area contributed by atoms with E-state index in [1.165, 1.54) is 11.0 Å². The Hall–Kier alpha value is -1.63. The van der Waals surface area contributed by atoms with Crippen molar-refractivity contribution in [3.63, 3.8) is 0 Å². The van der Waals surface area contributed by atoms with Gasteiger partial charge in [0, 0.05) is 40.3 Å². The summed E-state index contributed by atoms with van der Waals surface area (Å²) in [6.07, 6.45) is 0.